The molecule has 0 aliphatic carbocycles. The highest BCUT2D eigenvalue weighted by atomic mass is 35.5. The lowest BCUT2D eigenvalue weighted by molar-refractivity contribution is 0.111. The Balaban J connectivity index is 1.43. The highest BCUT2D eigenvalue weighted by Gasteiger charge is 2.27. The van der Waals surface area contributed by atoms with E-state index in [1.54, 1.807) is 33.6 Å². The second-order valence-corrected chi connectivity index (χ2v) is 8.91. The maximum absolute atomic E-state index is 13.2. The summed E-state index contributed by atoms with van der Waals surface area (Å²) in [5.41, 5.74) is 4.18. The summed E-state index contributed by atoms with van der Waals surface area (Å²) >= 11 is 6.18. The van der Waals surface area contributed by atoms with E-state index in [1.807, 2.05) is 31.2 Å². The normalized spacial score (nSPS) is 15.8. The quantitative estimate of drug-likeness (QED) is 0.288. The first-order chi connectivity index (χ1) is 17.6. The van der Waals surface area contributed by atoms with Gasteiger partial charge in [0.15, 0.2) is 6.29 Å². The van der Waals surface area contributed by atoms with Crippen molar-refractivity contribution in [3.8, 4) is 11.4 Å². The molecule has 182 valence electrons. The largest absolute Gasteiger partial charge is 0.339 e. The SMILES string of the molecule is CC/C(Cl)=C\C=C(/Cc1cc2n(c(=O)c1)C(c1ncc(-c3cccc(C=O)n3)[nH]1)CC2)n1cnnn1. The molecule has 0 saturated carbocycles. The maximum atomic E-state index is 13.2. The van der Waals surface area contributed by atoms with Crippen LogP contribution in [0.2, 0.25) is 0 Å². The van der Waals surface area contributed by atoms with Gasteiger partial charge in [0.05, 0.1) is 29.3 Å². The summed E-state index contributed by atoms with van der Waals surface area (Å²) in [6, 6.07) is 8.71. The van der Waals surface area contributed by atoms with E-state index in [2.05, 4.69) is 30.5 Å². The van der Waals surface area contributed by atoms with Crippen LogP contribution in [0, 0.1) is 0 Å². The molecule has 1 N–H and O–H groups in total. The summed E-state index contributed by atoms with van der Waals surface area (Å²) in [6.07, 6.45) is 10.3. The molecule has 0 radical (unpaired) electrons. The number of H-pyrrole nitrogens is 1. The lowest BCUT2D eigenvalue weighted by Crippen LogP contribution is -2.24. The number of halogens is 1. The Morgan fingerprint density at radius 1 is 1.28 bits per heavy atom. The second-order valence-electron chi connectivity index (χ2n) is 8.42. The number of aromatic amines is 1. The Kier molecular flexibility index (Phi) is 6.68. The van der Waals surface area contributed by atoms with Crippen molar-refractivity contribution in [2.45, 2.75) is 38.6 Å². The van der Waals surface area contributed by atoms with Gasteiger partial charge in [0.25, 0.3) is 5.56 Å². The topological polar surface area (TPSA) is 124 Å². The van der Waals surface area contributed by atoms with Crippen LogP contribution in [0.15, 0.2) is 64.8 Å². The van der Waals surface area contributed by atoms with Gasteiger partial charge in [0, 0.05) is 23.2 Å². The Morgan fingerprint density at radius 2 is 2.17 bits per heavy atom. The molecule has 0 aromatic carbocycles. The van der Waals surface area contributed by atoms with Crippen LogP contribution in [0.1, 0.15) is 53.4 Å². The average Bonchev–Trinajstić information content (AvgIpc) is 3.67. The molecule has 0 saturated heterocycles. The number of aromatic nitrogens is 8. The van der Waals surface area contributed by atoms with E-state index < -0.39 is 0 Å². The summed E-state index contributed by atoms with van der Waals surface area (Å²) in [6.45, 7) is 1.97. The van der Waals surface area contributed by atoms with E-state index >= 15 is 0 Å². The first-order valence-corrected chi connectivity index (χ1v) is 11.9. The minimum absolute atomic E-state index is 0.0952. The zero-order chi connectivity index (χ0) is 25.1. The van der Waals surface area contributed by atoms with Gasteiger partial charge in [-0.1, -0.05) is 24.6 Å². The van der Waals surface area contributed by atoms with E-state index in [4.69, 9.17) is 11.6 Å². The second kappa shape index (κ2) is 10.2. The lowest BCUT2D eigenvalue weighted by atomic mass is 10.1. The number of pyridine rings is 2. The fourth-order valence-corrected chi connectivity index (χ4v) is 4.41. The minimum atomic E-state index is -0.203. The summed E-state index contributed by atoms with van der Waals surface area (Å²) in [4.78, 5) is 36.4. The molecule has 11 heteroatoms. The van der Waals surface area contributed by atoms with Crippen molar-refractivity contribution in [1.82, 2.24) is 39.7 Å². The Morgan fingerprint density at radius 3 is 2.94 bits per heavy atom. The van der Waals surface area contributed by atoms with E-state index in [0.29, 0.717) is 40.6 Å². The molecule has 1 aliphatic heterocycles. The van der Waals surface area contributed by atoms with Crippen LogP contribution in [-0.4, -0.2) is 46.0 Å². The van der Waals surface area contributed by atoms with Crippen molar-refractivity contribution in [1.29, 1.82) is 0 Å². The number of nitrogens with zero attached hydrogens (tertiary/aromatic N) is 7. The predicted molar refractivity (Wildman–Crippen MR) is 134 cm³/mol. The Hall–Kier alpha value is -4.18. The molecule has 1 unspecified atom stereocenters. The van der Waals surface area contributed by atoms with Crippen LogP contribution in [0.25, 0.3) is 17.1 Å². The third-order valence-electron chi connectivity index (χ3n) is 6.09. The highest BCUT2D eigenvalue weighted by Crippen LogP contribution is 2.30. The smallest absolute Gasteiger partial charge is 0.251 e. The first-order valence-electron chi connectivity index (χ1n) is 11.6. The van der Waals surface area contributed by atoms with Crippen LogP contribution in [0.3, 0.4) is 0 Å². The van der Waals surface area contributed by atoms with Crippen LogP contribution in [0.4, 0.5) is 0 Å². The fourth-order valence-electron chi connectivity index (χ4n) is 4.34. The van der Waals surface area contributed by atoms with E-state index in [9.17, 15) is 9.59 Å². The van der Waals surface area contributed by atoms with Gasteiger partial charge in [-0.2, -0.15) is 0 Å². The van der Waals surface area contributed by atoms with E-state index in [-0.39, 0.29) is 11.6 Å². The number of imidazole rings is 1. The summed E-state index contributed by atoms with van der Waals surface area (Å²) < 4.78 is 3.36. The van der Waals surface area contributed by atoms with Gasteiger partial charge in [-0.3, -0.25) is 9.59 Å². The number of nitrogens with one attached hydrogen (secondary N) is 1. The monoisotopic (exact) mass is 502 g/mol. The molecule has 0 amide bonds. The van der Waals surface area contributed by atoms with Gasteiger partial charge in [0.2, 0.25) is 0 Å². The number of carbonyl (C=O) groups excluding carboxylic acids is 1. The Labute approximate surface area is 211 Å². The number of allylic oxidation sites excluding steroid dienone is 4. The van der Waals surface area contributed by atoms with E-state index in [0.717, 1.165) is 36.2 Å². The van der Waals surface area contributed by atoms with Crippen molar-refractivity contribution >= 4 is 23.6 Å². The van der Waals surface area contributed by atoms with Crippen molar-refractivity contribution in [2.24, 2.45) is 0 Å². The maximum Gasteiger partial charge on any atom is 0.251 e. The molecule has 5 rings (SSSR count). The summed E-state index contributed by atoms with van der Waals surface area (Å²) in [7, 11) is 0. The van der Waals surface area contributed by atoms with Gasteiger partial charge >= 0.3 is 0 Å². The first kappa shape index (κ1) is 23.6. The van der Waals surface area contributed by atoms with Crippen molar-refractivity contribution in [2.75, 3.05) is 0 Å². The van der Waals surface area contributed by atoms with Crippen LogP contribution < -0.4 is 5.56 Å². The highest BCUT2D eigenvalue weighted by molar-refractivity contribution is 6.29. The number of fused-ring (bicyclic) bond motifs is 1. The minimum Gasteiger partial charge on any atom is -0.339 e. The van der Waals surface area contributed by atoms with Crippen LogP contribution in [-0.2, 0) is 12.8 Å². The van der Waals surface area contributed by atoms with Gasteiger partial charge in [0.1, 0.15) is 17.8 Å². The predicted octanol–water partition coefficient (Wildman–Crippen LogP) is 3.58. The van der Waals surface area contributed by atoms with Crippen molar-refractivity contribution in [3.05, 3.63) is 93.2 Å². The van der Waals surface area contributed by atoms with Crippen molar-refractivity contribution in [3.63, 3.8) is 0 Å². The Bertz CT molecular complexity index is 1520. The third kappa shape index (κ3) is 4.80. The standard InChI is InChI=1S/C25H23ClN8O2/c1-2-17(26)6-7-19(33-15-28-31-32-33)10-16-11-20-8-9-23(34(20)24(36)12-16)25-27-13-22(30-25)21-5-3-4-18(14-35)29-21/h3-7,11-15,23H,2,8-10H2,1H3,(H,27,30)/b17-6+,19-7+. The van der Waals surface area contributed by atoms with E-state index in [1.165, 1.54) is 6.33 Å². The lowest BCUT2D eigenvalue weighted by Gasteiger charge is -2.14. The number of rotatable bonds is 8. The number of aryl methyl sites for hydroxylation is 1. The molecule has 1 aliphatic rings. The summed E-state index contributed by atoms with van der Waals surface area (Å²) in [5.74, 6) is 0.686. The average molecular weight is 503 g/mol. The summed E-state index contributed by atoms with van der Waals surface area (Å²) in [5, 5.41) is 12.2. The molecular formula is C25H23ClN8O2. The molecule has 4 aromatic heterocycles. The van der Waals surface area contributed by atoms with Gasteiger partial charge in [-0.25, -0.2) is 14.6 Å². The number of hydrogen-bond acceptors (Lipinski definition) is 7. The fraction of sp³-hybridized carbons (Fsp3) is 0.240. The zero-order valence-corrected chi connectivity index (χ0v) is 20.3. The number of carbonyl (C=O) groups is 1. The molecule has 36 heavy (non-hydrogen) atoms. The molecule has 5 heterocycles. The molecule has 4 aromatic rings. The van der Waals surface area contributed by atoms with Crippen LogP contribution >= 0.6 is 11.6 Å². The number of tetrazole rings is 1. The molecule has 0 fully saturated rings. The molecule has 1 atom stereocenters. The van der Waals surface area contributed by atoms with Crippen LogP contribution in [0.5, 0.6) is 0 Å². The zero-order valence-electron chi connectivity index (χ0n) is 19.5. The number of hydrogen-bond donors (Lipinski definition) is 1. The molecule has 10 nitrogen and oxygen atoms in total. The van der Waals surface area contributed by atoms with Gasteiger partial charge in [-0.05, 0) is 65.6 Å². The third-order valence-corrected chi connectivity index (χ3v) is 6.49. The van der Waals surface area contributed by atoms with Gasteiger partial charge in [-0.15, -0.1) is 5.10 Å². The molecule has 0 spiro atoms. The van der Waals surface area contributed by atoms with Crippen molar-refractivity contribution < 1.29 is 4.79 Å². The molecule has 0 bridgehead atoms. The molecular weight excluding hydrogens is 480 g/mol. The number of aldehydes is 1. The van der Waals surface area contributed by atoms with Gasteiger partial charge < -0.3 is 9.55 Å².